The van der Waals surface area contributed by atoms with Gasteiger partial charge in [0, 0.05) is 0 Å². The molecule has 0 unspecified atom stereocenters. The maximum atomic E-state index is 10.9. The molecule has 3 aromatic rings. The van der Waals surface area contributed by atoms with E-state index in [0.717, 1.165) is 40.8 Å². The molecule has 0 saturated carbocycles. The Bertz CT molecular complexity index is 902. The van der Waals surface area contributed by atoms with Crippen molar-refractivity contribution in [1.82, 2.24) is 0 Å². The SMILES string of the molecule is CCCCCOc1ccc(-c2cc(OC(=O)O)ccc2-c2ccccc2)cc1. The topological polar surface area (TPSA) is 55.8 Å². The summed E-state index contributed by atoms with van der Waals surface area (Å²) in [5.41, 5.74) is 3.94. The molecular weight excluding hydrogens is 352 g/mol. The van der Waals surface area contributed by atoms with Gasteiger partial charge in [0.1, 0.15) is 11.5 Å². The fourth-order valence-electron chi connectivity index (χ4n) is 3.07. The van der Waals surface area contributed by atoms with Gasteiger partial charge in [-0.25, -0.2) is 4.79 Å². The van der Waals surface area contributed by atoms with Crippen LogP contribution in [0.1, 0.15) is 26.2 Å². The van der Waals surface area contributed by atoms with Crippen molar-refractivity contribution in [1.29, 1.82) is 0 Å². The van der Waals surface area contributed by atoms with Gasteiger partial charge in [0.25, 0.3) is 0 Å². The van der Waals surface area contributed by atoms with E-state index in [1.807, 2.05) is 60.7 Å². The predicted molar refractivity (Wildman–Crippen MR) is 111 cm³/mol. The highest BCUT2D eigenvalue weighted by Crippen LogP contribution is 2.35. The molecule has 0 bridgehead atoms. The van der Waals surface area contributed by atoms with Crippen molar-refractivity contribution in [3.05, 3.63) is 72.8 Å². The van der Waals surface area contributed by atoms with Crippen LogP contribution in [-0.2, 0) is 0 Å². The van der Waals surface area contributed by atoms with E-state index in [2.05, 4.69) is 6.92 Å². The Hall–Kier alpha value is -3.27. The van der Waals surface area contributed by atoms with E-state index < -0.39 is 6.16 Å². The van der Waals surface area contributed by atoms with E-state index in [1.165, 1.54) is 6.42 Å². The molecule has 0 fully saturated rings. The second-order valence-corrected chi connectivity index (χ2v) is 6.52. The standard InChI is InChI=1S/C24H24O4/c1-2-3-7-16-27-20-12-10-19(11-13-20)23-17-21(28-24(25)26)14-15-22(23)18-8-5-4-6-9-18/h4-6,8-15,17H,2-3,7,16H2,1H3,(H,25,26). The first-order chi connectivity index (χ1) is 13.7. The van der Waals surface area contributed by atoms with E-state index in [4.69, 9.17) is 14.6 Å². The number of benzene rings is 3. The summed E-state index contributed by atoms with van der Waals surface area (Å²) in [6.07, 6.45) is 2.05. The zero-order chi connectivity index (χ0) is 19.8. The van der Waals surface area contributed by atoms with Crippen molar-refractivity contribution in [2.75, 3.05) is 6.61 Å². The Morgan fingerprint density at radius 3 is 2.18 bits per heavy atom. The Morgan fingerprint density at radius 1 is 0.821 bits per heavy atom. The summed E-state index contributed by atoms with van der Waals surface area (Å²) in [5.74, 6) is 1.13. The van der Waals surface area contributed by atoms with Crippen LogP contribution in [0.2, 0.25) is 0 Å². The molecule has 0 amide bonds. The lowest BCUT2D eigenvalue weighted by atomic mass is 9.94. The third-order valence-corrected chi connectivity index (χ3v) is 4.46. The average molecular weight is 376 g/mol. The second-order valence-electron chi connectivity index (χ2n) is 6.52. The van der Waals surface area contributed by atoms with E-state index in [0.29, 0.717) is 12.4 Å². The van der Waals surface area contributed by atoms with Gasteiger partial charge in [-0.3, -0.25) is 0 Å². The third kappa shape index (κ3) is 5.13. The number of rotatable bonds is 8. The van der Waals surface area contributed by atoms with E-state index >= 15 is 0 Å². The number of carbonyl (C=O) groups is 1. The van der Waals surface area contributed by atoms with Crippen LogP contribution >= 0.6 is 0 Å². The molecule has 0 aliphatic carbocycles. The van der Waals surface area contributed by atoms with Gasteiger partial charge >= 0.3 is 6.16 Å². The summed E-state index contributed by atoms with van der Waals surface area (Å²) in [6.45, 7) is 2.88. The first-order valence-electron chi connectivity index (χ1n) is 9.51. The zero-order valence-electron chi connectivity index (χ0n) is 15.9. The Labute approximate surface area is 165 Å². The fraction of sp³-hybridized carbons (Fsp3) is 0.208. The number of hydrogen-bond acceptors (Lipinski definition) is 3. The van der Waals surface area contributed by atoms with Crippen molar-refractivity contribution >= 4 is 6.16 Å². The highest BCUT2D eigenvalue weighted by atomic mass is 16.7. The van der Waals surface area contributed by atoms with Gasteiger partial charge in [-0.2, -0.15) is 0 Å². The fourth-order valence-corrected chi connectivity index (χ4v) is 3.07. The highest BCUT2D eigenvalue weighted by molar-refractivity contribution is 5.85. The average Bonchev–Trinajstić information content (AvgIpc) is 2.72. The Morgan fingerprint density at radius 2 is 1.50 bits per heavy atom. The number of carboxylic acid groups (broad SMARTS) is 1. The predicted octanol–water partition coefficient (Wildman–Crippen LogP) is 6.65. The molecule has 1 N–H and O–H groups in total. The van der Waals surface area contributed by atoms with E-state index in [1.54, 1.807) is 12.1 Å². The molecule has 0 aromatic heterocycles. The van der Waals surface area contributed by atoms with Crippen molar-refractivity contribution in [3.8, 4) is 33.8 Å². The first-order valence-corrected chi connectivity index (χ1v) is 9.51. The van der Waals surface area contributed by atoms with Crippen LogP contribution in [0.25, 0.3) is 22.3 Å². The van der Waals surface area contributed by atoms with Crippen LogP contribution in [0.5, 0.6) is 11.5 Å². The van der Waals surface area contributed by atoms with Crippen LogP contribution < -0.4 is 9.47 Å². The highest BCUT2D eigenvalue weighted by Gasteiger charge is 2.11. The molecule has 3 aromatic carbocycles. The molecule has 0 aliphatic heterocycles. The first kappa shape index (κ1) is 19.5. The molecule has 28 heavy (non-hydrogen) atoms. The number of hydrogen-bond donors (Lipinski definition) is 1. The monoisotopic (exact) mass is 376 g/mol. The summed E-state index contributed by atoms with van der Waals surface area (Å²) in [5, 5.41) is 8.93. The molecule has 4 heteroatoms. The molecule has 3 rings (SSSR count). The lowest BCUT2D eigenvalue weighted by molar-refractivity contribution is 0.144. The molecule has 0 aliphatic rings. The maximum Gasteiger partial charge on any atom is 0.511 e. The number of unbranched alkanes of at least 4 members (excludes halogenated alkanes) is 2. The molecule has 0 atom stereocenters. The number of ether oxygens (including phenoxy) is 2. The Balaban J connectivity index is 1.90. The van der Waals surface area contributed by atoms with Crippen LogP contribution in [-0.4, -0.2) is 17.9 Å². The summed E-state index contributed by atoms with van der Waals surface area (Å²) in [7, 11) is 0. The van der Waals surface area contributed by atoms with E-state index in [9.17, 15) is 4.79 Å². The Kier molecular flexibility index (Phi) is 6.68. The molecular formula is C24H24O4. The smallest absolute Gasteiger partial charge is 0.494 e. The van der Waals surface area contributed by atoms with Crippen molar-refractivity contribution < 1.29 is 19.4 Å². The minimum Gasteiger partial charge on any atom is -0.494 e. The van der Waals surface area contributed by atoms with Gasteiger partial charge in [0.15, 0.2) is 0 Å². The lowest BCUT2D eigenvalue weighted by Crippen LogP contribution is -2.03. The van der Waals surface area contributed by atoms with Crippen LogP contribution in [0, 0.1) is 0 Å². The summed E-state index contributed by atoms with van der Waals surface area (Å²) in [6, 6.07) is 23.2. The molecule has 0 radical (unpaired) electrons. The van der Waals surface area contributed by atoms with Gasteiger partial charge in [0.05, 0.1) is 6.61 Å². The maximum absolute atomic E-state index is 10.9. The van der Waals surface area contributed by atoms with Gasteiger partial charge < -0.3 is 14.6 Å². The molecule has 0 heterocycles. The van der Waals surface area contributed by atoms with Gasteiger partial charge in [-0.05, 0) is 52.9 Å². The van der Waals surface area contributed by atoms with E-state index in [-0.39, 0.29) is 0 Å². The molecule has 144 valence electrons. The van der Waals surface area contributed by atoms with Crippen molar-refractivity contribution in [3.63, 3.8) is 0 Å². The van der Waals surface area contributed by atoms with Gasteiger partial charge in [-0.1, -0.05) is 68.3 Å². The van der Waals surface area contributed by atoms with Gasteiger partial charge in [-0.15, -0.1) is 0 Å². The second kappa shape index (κ2) is 9.60. The summed E-state index contributed by atoms with van der Waals surface area (Å²) < 4.78 is 10.6. The zero-order valence-corrected chi connectivity index (χ0v) is 15.9. The lowest BCUT2D eigenvalue weighted by Gasteiger charge is -2.13. The molecule has 0 saturated heterocycles. The van der Waals surface area contributed by atoms with Crippen LogP contribution in [0.3, 0.4) is 0 Å². The summed E-state index contributed by atoms with van der Waals surface area (Å²) in [4.78, 5) is 10.9. The van der Waals surface area contributed by atoms with Crippen LogP contribution in [0.15, 0.2) is 72.8 Å². The van der Waals surface area contributed by atoms with Gasteiger partial charge in [0.2, 0.25) is 0 Å². The largest absolute Gasteiger partial charge is 0.511 e. The minimum absolute atomic E-state index is 0.294. The third-order valence-electron chi connectivity index (χ3n) is 4.46. The normalized spacial score (nSPS) is 10.5. The summed E-state index contributed by atoms with van der Waals surface area (Å²) >= 11 is 0. The van der Waals surface area contributed by atoms with Crippen LogP contribution in [0.4, 0.5) is 4.79 Å². The minimum atomic E-state index is -1.32. The molecule has 0 spiro atoms. The quantitative estimate of drug-likeness (QED) is 0.272. The molecule has 4 nitrogen and oxygen atoms in total. The van der Waals surface area contributed by atoms with Crippen molar-refractivity contribution in [2.45, 2.75) is 26.2 Å². The van der Waals surface area contributed by atoms with Crippen molar-refractivity contribution in [2.24, 2.45) is 0 Å².